The Morgan fingerprint density at radius 2 is 2.21 bits per heavy atom. The SMILES string of the molecule is CNCC1CCCCN1C(=O)c1cccc(F)c1F. The number of amides is 1. The highest BCUT2D eigenvalue weighted by Gasteiger charge is 2.29. The lowest BCUT2D eigenvalue weighted by molar-refractivity contribution is 0.0609. The third kappa shape index (κ3) is 2.92. The molecule has 1 unspecified atom stereocenters. The zero-order chi connectivity index (χ0) is 13.8. The summed E-state index contributed by atoms with van der Waals surface area (Å²) < 4.78 is 26.9. The fourth-order valence-corrected chi connectivity index (χ4v) is 2.54. The Bertz CT molecular complexity index is 463. The quantitative estimate of drug-likeness (QED) is 0.911. The van der Waals surface area contributed by atoms with Gasteiger partial charge < -0.3 is 10.2 Å². The van der Waals surface area contributed by atoms with E-state index in [1.807, 2.05) is 7.05 Å². The molecule has 0 spiro atoms. The molecule has 0 saturated carbocycles. The van der Waals surface area contributed by atoms with Crippen LogP contribution in [0.2, 0.25) is 0 Å². The van der Waals surface area contributed by atoms with Gasteiger partial charge in [-0.1, -0.05) is 6.07 Å². The van der Waals surface area contributed by atoms with Crippen LogP contribution in [0.5, 0.6) is 0 Å². The minimum absolute atomic E-state index is 0.0499. The molecule has 0 radical (unpaired) electrons. The van der Waals surface area contributed by atoms with Gasteiger partial charge in [0.2, 0.25) is 0 Å². The largest absolute Gasteiger partial charge is 0.334 e. The first-order chi connectivity index (χ1) is 9.15. The van der Waals surface area contributed by atoms with Crippen LogP contribution in [0.25, 0.3) is 0 Å². The van der Waals surface area contributed by atoms with Gasteiger partial charge in [-0.05, 0) is 38.4 Å². The molecule has 1 fully saturated rings. The number of halogens is 2. The Morgan fingerprint density at radius 3 is 2.95 bits per heavy atom. The second kappa shape index (κ2) is 6.10. The van der Waals surface area contributed by atoms with Crippen LogP contribution in [-0.2, 0) is 0 Å². The highest BCUT2D eigenvalue weighted by Crippen LogP contribution is 2.21. The van der Waals surface area contributed by atoms with Gasteiger partial charge in [0.25, 0.3) is 5.91 Å². The summed E-state index contributed by atoms with van der Waals surface area (Å²) in [6.45, 7) is 1.27. The average Bonchev–Trinajstić information content (AvgIpc) is 2.42. The molecule has 3 nitrogen and oxygen atoms in total. The maximum atomic E-state index is 13.7. The van der Waals surface area contributed by atoms with Crippen LogP contribution in [-0.4, -0.2) is 37.0 Å². The van der Waals surface area contributed by atoms with Gasteiger partial charge in [0.15, 0.2) is 11.6 Å². The zero-order valence-electron chi connectivity index (χ0n) is 11.0. The maximum Gasteiger partial charge on any atom is 0.257 e. The van der Waals surface area contributed by atoms with E-state index < -0.39 is 17.5 Å². The van der Waals surface area contributed by atoms with Crippen molar-refractivity contribution >= 4 is 5.91 Å². The molecule has 1 amide bonds. The van der Waals surface area contributed by atoms with Gasteiger partial charge in [-0.25, -0.2) is 8.78 Å². The molecule has 1 aliphatic rings. The van der Waals surface area contributed by atoms with Crippen molar-refractivity contribution in [3.63, 3.8) is 0 Å². The summed E-state index contributed by atoms with van der Waals surface area (Å²) in [6.07, 6.45) is 2.86. The van der Waals surface area contributed by atoms with E-state index in [9.17, 15) is 13.6 Å². The Kier molecular flexibility index (Phi) is 4.47. The number of likely N-dealkylation sites (N-methyl/N-ethyl adjacent to an activating group) is 1. The summed E-state index contributed by atoms with van der Waals surface area (Å²) in [4.78, 5) is 14.0. The summed E-state index contributed by atoms with van der Waals surface area (Å²) in [5.74, 6) is -2.45. The third-order valence-electron chi connectivity index (χ3n) is 3.51. The van der Waals surface area contributed by atoms with Crippen LogP contribution in [0.15, 0.2) is 18.2 Å². The van der Waals surface area contributed by atoms with E-state index in [2.05, 4.69) is 5.32 Å². The predicted molar refractivity (Wildman–Crippen MR) is 69.0 cm³/mol. The molecule has 2 rings (SSSR count). The van der Waals surface area contributed by atoms with Crippen molar-refractivity contribution in [1.29, 1.82) is 0 Å². The van der Waals surface area contributed by atoms with E-state index in [4.69, 9.17) is 0 Å². The number of hydrogen-bond donors (Lipinski definition) is 1. The van der Waals surface area contributed by atoms with Gasteiger partial charge in [-0.2, -0.15) is 0 Å². The Balaban J connectivity index is 2.23. The Morgan fingerprint density at radius 1 is 1.42 bits per heavy atom. The van der Waals surface area contributed by atoms with E-state index in [1.54, 1.807) is 4.90 Å². The minimum Gasteiger partial charge on any atom is -0.334 e. The molecule has 0 aromatic heterocycles. The first-order valence-electron chi connectivity index (χ1n) is 6.54. The van der Waals surface area contributed by atoms with Gasteiger partial charge >= 0.3 is 0 Å². The van der Waals surface area contributed by atoms with Crippen LogP contribution < -0.4 is 5.32 Å². The summed E-state index contributed by atoms with van der Waals surface area (Å²) in [7, 11) is 1.82. The maximum absolute atomic E-state index is 13.7. The average molecular weight is 268 g/mol. The molecule has 1 aromatic carbocycles. The minimum atomic E-state index is -1.05. The van der Waals surface area contributed by atoms with Crippen LogP contribution in [0.1, 0.15) is 29.6 Å². The fourth-order valence-electron chi connectivity index (χ4n) is 2.54. The number of carbonyl (C=O) groups is 1. The molecule has 1 atom stereocenters. The summed E-state index contributed by atoms with van der Waals surface area (Å²) in [5, 5.41) is 3.04. The standard InChI is InChI=1S/C14H18F2N2O/c1-17-9-10-5-2-3-8-18(10)14(19)11-6-4-7-12(15)13(11)16/h4,6-7,10,17H,2-3,5,8-9H2,1H3. The van der Waals surface area contributed by atoms with Crippen molar-refractivity contribution in [2.75, 3.05) is 20.1 Å². The molecular formula is C14H18F2N2O. The number of hydrogen-bond acceptors (Lipinski definition) is 2. The molecule has 0 bridgehead atoms. The lowest BCUT2D eigenvalue weighted by Gasteiger charge is -2.35. The highest BCUT2D eigenvalue weighted by molar-refractivity contribution is 5.94. The molecule has 5 heteroatoms. The zero-order valence-corrected chi connectivity index (χ0v) is 11.0. The summed E-state index contributed by atoms with van der Waals surface area (Å²) in [5.41, 5.74) is -0.178. The molecule has 1 saturated heterocycles. The van der Waals surface area contributed by atoms with E-state index in [0.29, 0.717) is 13.1 Å². The molecular weight excluding hydrogens is 250 g/mol. The molecule has 1 aromatic rings. The van der Waals surface area contributed by atoms with Crippen molar-refractivity contribution in [3.8, 4) is 0 Å². The number of nitrogens with zero attached hydrogens (tertiary/aromatic N) is 1. The lowest BCUT2D eigenvalue weighted by atomic mass is 10.0. The summed E-state index contributed by atoms with van der Waals surface area (Å²) in [6, 6.07) is 3.77. The van der Waals surface area contributed by atoms with Crippen LogP contribution >= 0.6 is 0 Å². The van der Waals surface area contributed by atoms with Crippen molar-refractivity contribution in [3.05, 3.63) is 35.4 Å². The van der Waals surface area contributed by atoms with Crippen molar-refractivity contribution in [2.45, 2.75) is 25.3 Å². The number of nitrogens with one attached hydrogen (secondary N) is 1. The van der Waals surface area contributed by atoms with E-state index >= 15 is 0 Å². The van der Waals surface area contributed by atoms with E-state index in [0.717, 1.165) is 25.3 Å². The highest BCUT2D eigenvalue weighted by atomic mass is 19.2. The molecule has 0 aliphatic carbocycles. The van der Waals surface area contributed by atoms with Gasteiger partial charge in [0, 0.05) is 19.1 Å². The molecule has 1 N–H and O–H groups in total. The van der Waals surface area contributed by atoms with Gasteiger partial charge in [0.05, 0.1) is 5.56 Å². The Hall–Kier alpha value is -1.49. The van der Waals surface area contributed by atoms with Gasteiger partial charge in [0.1, 0.15) is 0 Å². The number of likely N-dealkylation sites (tertiary alicyclic amines) is 1. The number of carbonyl (C=O) groups excluding carboxylic acids is 1. The molecule has 104 valence electrons. The molecule has 19 heavy (non-hydrogen) atoms. The van der Waals surface area contributed by atoms with Crippen molar-refractivity contribution in [2.24, 2.45) is 0 Å². The monoisotopic (exact) mass is 268 g/mol. The first-order valence-corrected chi connectivity index (χ1v) is 6.54. The number of piperidine rings is 1. The normalized spacial score (nSPS) is 19.5. The van der Waals surface area contributed by atoms with Gasteiger partial charge in [-0.3, -0.25) is 4.79 Å². The lowest BCUT2D eigenvalue weighted by Crippen LogP contribution is -2.48. The smallest absolute Gasteiger partial charge is 0.257 e. The third-order valence-corrected chi connectivity index (χ3v) is 3.51. The second-order valence-electron chi connectivity index (χ2n) is 4.81. The number of benzene rings is 1. The van der Waals surface area contributed by atoms with Gasteiger partial charge in [-0.15, -0.1) is 0 Å². The fraction of sp³-hybridized carbons (Fsp3) is 0.500. The topological polar surface area (TPSA) is 32.3 Å². The van der Waals surface area contributed by atoms with Crippen molar-refractivity contribution in [1.82, 2.24) is 10.2 Å². The first kappa shape index (κ1) is 13.9. The summed E-state index contributed by atoms with van der Waals surface area (Å²) >= 11 is 0. The predicted octanol–water partition coefficient (Wildman–Crippen LogP) is 2.18. The van der Waals surface area contributed by atoms with E-state index in [1.165, 1.54) is 12.1 Å². The number of rotatable bonds is 3. The second-order valence-corrected chi connectivity index (χ2v) is 4.81. The van der Waals surface area contributed by atoms with E-state index in [-0.39, 0.29) is 11.6 Å². The van der Waals surface area contributed by atoms with Crippen molar-refractivity contribution < 1.29 is 13.6 Å². The molecule has 1 heterocycles. The molecule has 1 aliphatic heterocycles. The van der Waals surface area contributed by atoms with Crippen LogP contribution in [0, 0.1) is 11.6 Å². The Labute approximate surface area is 111 Å². The van der Waals surface area contributed by atoms with Crippen LogP contribution in [0.4, 0.5) is 8.78 Å². The van der Waals surface area contributed by atoms with Crippen LogP contribution in [0.3, 0.4) is 0 Å².